The minimum Gasteiger partial charge on any atom is -0.344 e. The molecular formula is C6H9ClN2O2. The fourth-order valence-electron chi connectivity index (χ4n) is 0.923. The van der Waals surface area contributed by atoms with Gasteiger partial charge in [0, 0.05) is 12.4 Å². The average Bonchev–Trinajstić information content (AvgIpc) is 2.59. The number of aromatic nitrogens is 2. The van der Waals surface area contributed by atoms with Crippen LogP contribution >= 0.6 is 12.4 Å². The van der Waals surface area contributed by atoms with Gasteiger partial charge < -0.3 is 14.5 Å². The van der Waals surface area contributed by atoms with Crippen molar-refractivity contribution in [2.24, 2.45) is 0 Å². The molecular weight excluding hydrogens is 168 g/mol. The maximum atomic E-state index is 5.18. The zero-order valence-electron chi connectivity index (χ0n) is 5.82. The van der Waals surface area contributed by atoms with E-state index in [1.54, 1.807) is 12.4 Å². The number of imidazole rings is 1. The van der Waals surface area contributed by atoms with Crippen molar-refractivity contribution in [2.45, 2.75) is 6.29 Å². The van der Waals surface area contributed by atoms with E-state index in [4.69, 9.17) is 9.47 Å². The SMILES string of the molecule is Cl.c1c[nH]c(C2OCCO2)n1. The highest BCUT2D eigenvalue weighted by Gasteiger charge is 2.19. The van der Waals surface area contributed by atoms with Gasteiger partial charge in [0.2, 0.25) is 6.29 Å². The molecule has 0 saturated carbocycles. The molecule has 0 spiro atoms. The second kappa shape index (κ2) is 3.71. The van der Waals surface area contributed by atoms with E-state index in [9.17, 15) is 0 Å². The van der Waals surface area contributed by atoms with Crippen molar-refractivity contribution in [1.29, 1.82) is 0 Å². The molecule has 62 valence electrons. The first-order valence-corrected chi connectivity index (χ1v) is 3.19. The molecule has 0 aromatic carbocycles. The molecule has 1 aromatic heterocycles. The fraction of sp³-hybridized carbons (Fsp3) is 0.500. The third-order valence-electron chi connectivity index (χ3n) is 1.36. The van der Waals surface area contributed by atoms with Crippen molar-refractivity contribution >= 4 is 12.4 Å². The lowest BCUT2D eigenvalue weighted by Gasteiger charge is -2.02. The summed E-state index contributed by atoms with van der Waals surface area (Å²) in [6, 6.07) is 0. The Morgan fingerprint density at radius 2 is 2.18 bits per heavy atom. The Hall–Kier alpha value is -0.580. The van der Waals surface area contributed by atoms with Crippen LogP contribution in [-0.2, 0) is 9.47 Å². The Balaban J connectivity index is 0.000000605. The maximum absolute atomic E-state index is 5.18. The molecule has 1 aliphatic rings. The van der Waals surface area contributed by atoms with Gasteiger partial charge in [0.05, 0.1) is 13.2 Å². The molecule has 0 unspecified atom stereocenters. The Kier molecular flexibility index (Phi) is 2.87. The monoisotopic (exact) mass is 176 g/mol. The highest BCUT2D eigenvalue weighted by molar-refractivity contribution is 5.85. The molecule has 5 heteroatoms. The van der Waals surface area contributed by atoms with Crippen LogP contribution in [0.1, 0.15) is 12.1 Å². The summed E-state index contributed by atoms with van der Waals surface area (Å²) in [5.74, 6) is 0.748. The van der Waals surface area contributed by atoms with Crippen molar-refractivity contribution in [3.8, 4) is 0 Å². The summed E-state index contributed by atoms with van der Waals surface area (Å²) >= 11 is 0. The molecule has 2 rings (SSSR count). The van der Waals surface area contributed by atoms with E-state index >= 15 is 0 Å². The molecule has 4 nitrogen and oxygen atoms in total. The number of rotatable bonds is 1. The first-order chi connectivity index (χ1) is 4.97. The number of hydrogen-bond donors (Lipinski definition) is 1. The summed E-state index contributed by atoms with van der Waals surface area (Å²) in [7, 11) is 0. The van der Waals surface area contributed by atoms with Crippen LogP contribution in [0.25, 0.3) is 0 Å². The minimum atomic E-state index is -0.269. The molecule has 1 fully saturated rings. The number of ether oxygens (including phenoxy) is 2. The number of nitrogens with zero attached hydrogens (tertiary/aromatic N) is 1. The highest BCUT2D eigenvalue weighted by Crippen LogP contribution is 2.18. The lowest BCUT2D eigenvalue weighted by atomic mass is 10.6. The molecule has 0 bridgehead atoms. The first-order valence-electron chi connectivity index (χ1n) is 3.19. The van der Waals surface area contributed by atoms with Crippen LogP contribution in [0.15, 0.2) is 12.4 Å². The number of hydrogen-bond acceptors (Lipinski definition) is 3. The zero-order valence-corrected chi connectivity index (χ0v) is 6.63. The standard InChI is InChI=1S/C6H8N2O2.ClH/c1-2-8-5(7-1)6-9-3-4-10-6;/h1-2,6H,3-4H2,(H,7,8);1H. The van der Waals surface area contributed by atoms with Gasteiger partial charge in [0.25, 0.3) is 0 Å². The van der Waals surface area contributed by atoms with Crippen molar-refractivity contribution in [1.82, 2.24) is 9.97 Å². The topological polar surface area (TPSA) is 47.1 Å². The lowest BCUT2D eigenvalue weighted by molar-refractivity contribution is -0.0501. The van der Waals surface area contributed by atoms with Gasteiger partial charge in [0.1, 0.15) is 0 Å². The van der Waals surface area contributed by atoms with Gasteiger partial charge in [-0.15, -0.1) is 12.4 Å². The van der Waals surface area contributed by atoms with Gasteiger partial charge in [-0.1, -0.05) is 0 Å². The van der Waals surface area contributed by atoms with Crippen molar-refractivity contribution < 1.29 is 9.47 Å². The molecule has 1 aliphatic heterocycles. The Morgan fingerprint density at radius 3 is 2.73 bits per heavy atom. The quantitative estimate of drug-likeness (QED) is 0.691. The fourth-order valence-corrected chi connectivity index (χ4v) is 0.923. The van der Waals surface area contributed by atoms with E-state index in [2.05, 4.69) is 9.97 Å². The molecule has 0 aliphatic carbocycles. The predicted octanol–water partition coefficient (Wildman–Crippen LogP) is 0.877. The molecule has 1 aromatic rings. The summed E-state index contributed by atoms with van der Waals surface area (Å²) in [5.41, 5.74) is 0. The van der Waals surface area contributed by atoms with Crippen molar-refractivity contribution in [3.63, 3.8) is 0 Å². The third kappa shape index (κ3) is 1.71. The number of aromatic amines is 1. The Bertz CT molecular complexity index is 196. The Labute approximate surface area is 70.3 Å². The van der Waals surface area contributed by atoms with Crippen LogP contribution in [0, 0.1) is 0 Å². The molecule has 11 heavy (non-hydrogen) atoms. The summed E-state index contributed by atoms with van der Waals surface area (Å²) in [6.45, 7) is 1.32. The lowest BCUT2D eigenvalue weighted by Crippen LogP contribution is -1.99. The maximum Gasteiger partial charge on any atom is 0.217 e. The van der Waals surface area contributed by atoms with Gasteiger partial charge >= 0.3 is 0 Å². The molecule has 0 amide bonds. The Morgan fingerprint density at radius 1 is 1.45 bits per heavy atom. The van der Waals surface area contributed by atoms with E-state index in [1.165, 1.54) is 0 Å². The minimum absolute atomic E-state index is 0. The summed E-state index contributed by atoms with van der Waals surface area (Å²) in [6.07, 6.45) is 3.16. The molecule has 0 radical (unpaired) electrons. The van der Waals surface area contributed by atoms with Crippen LogP contribution < -0.4 is 0 Å². The summed E-state index contributed by atoms with van der Waals surface area (Å²) in [5, 5.41) is 0. The van der Waals surface area contributed by atoms with Gasteiger partial charge in [-0.2, -0.15) is 0 Å². The van der Waals surface area contributed by atoms with E-state index in [0.29, 0.717) is 13.2 Å². The van der Waals surface area contributed by atoms with Gasteiger partial charge in [-0.3, -0.25) is 0 Å². The van der Waals surface area contributed by atoms with Gasteiger partial charge in [0.15, 0.2) is 5.82 Å². The van der Waals surface area contributed by atoms with E-state index in [1.807, 2.05) is 0 Å². The molecule has 2 heterocycles. The number of nitrogens with one attached hydrogen (secondary N) is 1. The van der Waals surface area contributed by atoms with Gasteiger partial charge in [-0.05, 0) is 0 Å². The van der Waals surface area contributed by atoms with Crippen molar-refractivity contribution in [3.05, 3.63) is 18.2 Å². The zero-order chi connectivity index (χ0) is 6.81. The van der Waals surface area contributed by atoms with Crippen LogP contribution in [-0.4, -0.2) is 23.2 Å². The van der Waals surface area contributed by atoms with Crippen LogP contribution in [0.5, 0.6) is 0 Å². The van der Waals surface area contributed by atoms with Gasteiger partial charge in [-0.25, -0.2) is 4.98 Å². The van der Waals surface area contributed by atoms with Crippen LogP contribution in [0.3, 0.4) is 0 Å². The summed E-state index contributed by atoms with van der Waals surface area (Å²) in [4.78, 5) is 6.91. The average molecular weight is 177 g/mol. The molecule has 1 N–H and O–H groups in total. The van der Waals surface area contributed by atoms with Crippen LogP contribution in [0.2, 0.25) is 0 Å². The highest BCUT2D eigenvalue weighted by atomic mass is 35.5. The smallest absolute Gasteiger partial charge is 0.217 e. The van der Waals surface area contributed by atoms with Crippen LogP contribution in [0.4, 0.5) is 0 Å². The van der Waals surface area contributed by atoms with Crippen molar-refractivity contribution in [2.75, 3.05) is 13.2 Å². The summed E-state index contributed by atoms with van der Waals surface area (Å²) < 4.78 is 10.4. The number of H-pyrrole nitrogens is 1. The normalized spacial score (nSPS) is 18.2. The predicted molar refractivity (Wildman–Crippen MR) is 40.5 cm³/mol. The molecule has 1 saturated heterocycles. The molecule has 0 atom stereocenters. The second-order valence-electron chi connectivity index (χ2n) is 2.05. The van der Waals surface area contributed by atoms with E-state index < -0.39 is 0 Å². The second-order valence-corrected chi connectivity index (χ2v) is 2.05. The third-order valence-corrected chi connectivity index (χ3v) is 1.36. The first kappa shape index (κ1) is 8.52. The van der Waals surface area contributed by atoms with E-state index in [-0.39, 0.29) is 18.7 Å². The largest absolute Gasteiger partial charge is 0.344 e. The number of halogens is 1. The van der Waals surface area contributed by atoms with E-state index in [0.717, 1.165) is 5.82 Å².